The van der Waals surface area contributed by atoms with E-state index in [9.17, 15) is 4.79 Å². The van der Waals surface area contributed by atoms with Gasteiger partial charge in [0, 0.05) is 26.8 Å². The maximum Gasteiger partial charge on any atom is 0.243 e. The molecule has 1 amide bonds. The predicted molar refractivity (Wildman–Crippen MR) is 110 cm³/mol. The Morgan fingerprint density at radius 1 is 1.22 bits per heavy atom. The van der Waals surface area contributed by atoms with Crippen molar-refractivity contribution in [3.63, 3.8) is 0 Å². The lowest BCUT2D eigenvalue weighted by atomic mass is 10.1. The number of pyridine rings is 1. The molecule has 7 heteroatoms. The lowest BCUT2D eigenvalue weighted by Gasteiger charge is -2.19. The zero-order valence-electron chi connectivity index (χ0n) is 15.9. The van der Waals surface area contributed by atoms with E-state index in [-0.39, 0.29) is 18.5 Å². The molecular weight excluding hydrogens is 362 g/mol. The molecule has 1 aromatic heterocycles. The van der Waals surface area contributed by atoms with Crippen LogP contribution in [0.25, 0.3) is 0 Å². The van der Waals surface area contributed by atoms with Crippen molar-refractivity contribution in [2.24, 2.45) is 4.99 Å². The molecule has 2 rings (SSSR count). The number of hydrogen-bond acceptors (Lipinski definition) is 3. The van der Waals surface area contributed by atoms with Crippen LogP contribution in [-0.2, 0) is 11.2 Å². The molecule has 0 saturated carbocycles. The Kier molecular flexibility index (Phi) is 8.07. The van der Waals surface area contributed by atoms with E-state index in [2.05, 4.69) is 39.7 Å². The van der Waals surface area contributed by atoms with Gasteiger partial charge in [-0.15, -0.1) is 0 Å². The third-order valence-electron chi connectivity index (χ3n) is 4.02. The Bertz CT molecular complexity index is 747. The second-order valence-electron chi connectivity index (χ2n) is 6.40. The van der Waals surface area contributed by atoms with Crippen LogP contribution in [0.5, 0.6) is 0 Å². The number of amides is 1. The van der Waals surface area contributed by atoms with Gasteiger partial charge in [0.25, 0.3) is 0 Å². The minimum Gasteiger partial charge on any atom is -0.356 e. The molecule has 144 valence electrons. The molecule has 6 nitrogen and oxygen atoms in total. The second-order valence-corrected chi connectivity index (χ2v) is 6.78. The summed E-state index contributed by atoms with van der Waals surface area (Å²) < 4.78 is 0. The van der Waals surface area contributed by atoms with Crippen LogP contribution in [0.4, 0.5) is 0 Å². The lowest BCUT2D eigenvalue weighted by molar-refractivity contribution is -0.127. The van der Waals surface area contributed by atoms with E-state index >= 15 is 0 Å². The van der Waals surface area contributed by atoms with Crippen molar-refractivity contribution < 1.29 is 4.79 Å². The van der Waals surface area contributed by atoms with Crippen molar-refractivity contribution in [1.82, 2.24) is 20.5 Å². The van der Waals surface area contributed by atoms with Crippen LogP contribution >= 0.6 is 11.6 Å². The fraction of sp³-hybridized carbons (Fsp3) is 0.350. The largest absolute Gasteiger partial charge is 0.356 e. The van der Waals surface area contributed by atoms with E-state index in [1.165, 1.54) is 4.90 Å². The molecule has 0 aliphatic heterocycles. The van der Waals surface area contributed by atoms with Crippen molar-refractivity contribution in [3.05, 3.63) is 64.9 Å². The average Bonchev–Trinajstić information content (AvgIpc) is 2.67. The first-order chi connectivity index (χ1) is 13.0. The van der Waals surface area contributed by atoms with Gasteiger partial charge in [0.1, 0.15) is 11.7 Å². The van der Waals surface area contributed by atoms with Gasteiger partial charge in [-0.1, -0.05) is 48.0 Å². The van der Waals surface area contributed by atoms with Gasteiger partial charge in [-0.25, -0.2) is 9.98 Å². The maximum absolute atomic E-state index is 11.9. The molecule has 0 saturated heterocycles. The summed E-state index contributed by atoms with van der Waals surface area (Å²) in [5.41, 5.74) is 2.22. The number of halogens is 1. The summed E-state index contributed by atoms with van der Waals surface area (Å²) in [6.07, 6.45) is 2.53. The molecule has 1 heterocycles. The molecule has 0 aliphatic rings. The van der Waals surface area contributed by atoms with E-state index in [0.717, 1.165) is 17.5 Å². The third-order valence-corrected chi connectivity index (χ3v) is 4.24. The Labute approximate surface area is 165 Å². The highest BCUT2D eigenvalue weighted by Gasteiger charge is 2.09. The Balaban J connectivity index is 1.98. The zero-order chi connectivity index (χ0) is 19.6. The predicted octanol–water partition coefficient (Wildman–Crippen LogP) is 2.66. The van der Waals surface area contributed by atoms with Crippen LogP contribution < -0.4 is 10.6 Å². The highest BCUT2D eigenvalue weighted by molar-refractivity contribution is 6.29. The molecule has 1 unspecified atom stereocenters. The zero-order valence-corrected chi connectivity index (χ0v) is 16.7. The normalized spacial score (nSPS) is 12.4. The summed E-state index contributed by atoms with van der Waals surface area (Å²) in [6, 6.07) is 13.9. The summed E-state index contributed by atoms with van der Waals surface area (Å²) >= 11 is 5.82. The highest BCUT2D eigenvalue weighted by atomic mass is 35.5. The fourth-order valence-electron chi connectivity index (χ4n) is 2.35. The van der Waals surface area contributed by atoms with Crippen molar-refractivity contribution >= 4 is 23.5 Å². The Morgan fingerprint density at radius 3 is 2.59 bits per heavy atom. The number of benzene rings is 1. The highest BCUT2D eigenvalue weighted by Crippen LogP contribution is 2.11. The summed E-state index contributed by atoms with van der Waals surface area (Å²) in [5.74, 6) is 0.550. The fourth-order valence-corrected chi connectivity index (χ4v) is 2.46. The number of likely N-dealkylation sites (N-methyl/N-ethyl adjacent to an activating group) is 1. The quantitative estimate of drug-likeness (QED) is 0.435. The van der Waals surface area contributed by atoms with Crippen LogP contribution in [0.2, 0.25) is 5.15 Å². The van der Waals surface area contributed by atoms with Gasteiger partial charge in [0.15, 0.2) is 5.96 Å². The molecule has 1 atom stereocenters. The smallest absolute Gasteiger partial charge is 0.243 e. The van der Waals surface area contributed by atoms with Gasteiger partial charge in [-0.3, -0.25) is 4.79 Å². The van der Waals surface area contributed by atoms with Gasteiger partial charge in [0.2, 0.25) is 5.91 Å². The van der Waals surface area contributed by atoms with Gasteiger partial charge >= 0.3 is 0 Å². The first-order valence-electron chi connectivity index (χ1n) is 8.86. The van der Waals surface area contributed by atoms with E-state index in [0.29, 0.717) is 17.7 Å². The minimum absolute atomic E-state index is 0.0506. The number of rotatable bonds is 7. The van der Waals surface area contributed by atoms with Gasteiger partial charge in [-0.2, -0.15) is 0 Å². The Morgan fingerprint density at radius 2 is 1.96 bits per heavy atom. The topological polar surface area (TPSA) is 69.6 Å². The molecule has 2 aromatic rings. The minimum atomic E-state index is -0.0506. The van der Waals surface area contributed by atoms with Crippen LogP contribution in [0, 0.1) is 0 Å². The average molecular weight is 388 g/mol. The van der Waals surface area contributed by atoms with Gasteiger partial charge in [-0.05, 0) is 30.5 Å². The lowest BCUT2D eigenvalue weighted by Crippen LogP contribution is -2.40. The van der Waals surface area contributed by atoms with Gasteiger partial charge < -0.3 is 15.5 Å². The number of carbonyl (C=O) groups excluding carboxylic acids is 1. The first kappa shape index (κ1) is 20.7. The maximum atomic E-state index is 11.9. The molecule has 0 bridgehead atoms. The van der Waals surface area contributed by atoms with E-state index < -0.39 is 0 Å². The second kappa shape index (κ2) is 10.5. The summed E-state index contributed by atoms with van der Waals surface area (Å²) in [7, 11) is 3.44. The van der Waals surface area contributed by atoms with Crippen LogP contribution in [0.3, 0.4) is 0 Å². The molecule has 0 fully saturated rings. The summed E-state index contributed by atoms with van der Waals surface area (Å²) in [5, 5.41) is 7.12. The van der Waals surface area contributed by atoms with Crippen molar-refractivity contribution in [1.29, 1.82) is 0 Å². The monoisotopic (exact) mass is 387 g/mol. The standard InChI is InChI=1S/C20H26ClN5O/c1-15(17-7-5-4-6-8-17)25-20(24-14-19(27)26(2)3)22-12-11-16-9-10-18(21)23-13-16/h4-10,13,15H,11-12,14H2,1-3H3,(H2,22,24,25). The summed E-state index contributed by atoms with van der Waals surface area (Å²) in [4.78, 5) is 21.9. The summed E-state index contributed by atoms with van der Waals surface area (Å²) in [6.45, 7) is 2.81. The molecule has 1 aromatic carbocycles. The van der Waals surface area contributed by atoms with E-state index in [1.807, 2.05) is 24.3 Å². The van der Waals surface area contributed by atoms with Gasteiger partial charge in [0.05, 0.1) is 6.04 Å². The molecule has 0 radical (unpaired) electrons. The number of aromatic nitrogens is 1. The Hall–Kier alpha value is -2.60. The molecule has 0 spiro atoms. The van der Waals surface area contributed by atoms with E-state index in [4.69, 9.17) is 11.6 Å². The number of hydrogen-bond donors (Lipinski definition) is 2. The molecule has 0 aliphatic carbocycles. The molecule has 2 N–H and O–H groups in total. The van der Waals surface area contributed by atoms with Crippen LogP contribution in [0.15, 0.2) is 53.7 Å². The number of carbonyl (C=O) groups is 1. The van der Waals surface area contributed by atoms with Crippen LogP contribution in [0.1, 0.15) is 24.1 Å². The number of nitrogens with zero attached hydrogens (tertiary/aromatic N) is 3. The van der Waals surface area contributed by atoms with Crippen molar-refractivity contribution in [2.45, 2.75) is 19.4 Å². The number of aliphatic imine (C=N–C) groups is 1. The van der Waals surface area contributed by atoms with Crippen molar-refractivity contribution in [2.75, 3.05) is 27.2 Å². The molecule has 27 heavy (non-hydrogen) atoms. The first-order valence-corrected chi connectivity index (χ1v) is 9.24. The van der Waals surface area contributed by atoms with Crippen LogP contribution in [-0.4, -0.2) is 48.9 Å². The molecular formula is C20H26ClN5O. The SMILES string of the molecule is CC(NC(=NCC(=O)N(C)C)NCCc1ccc(Cl)nc1)c1ccccc1. The third kappa shape index (κ3) is 7.27. The number of guanidine groups is 1. The van der Waals surface area contributed by atoms with Crippen molar-refractivity contribution in [3.8, 4) is 0 Å². The van der Waals surface area contributed by atoms with E-state index in [1.54, 1.807) is 26.4 Å². The number of nitrogens with one attached hydrogen (secondary N) is 2.